The molecular formula is C23H23N5O2S. The van der Waals surface area contributed by atoms with Crippen LogP contribution in [0.3, 0.4) is 0 Å². The number of benzene rings is 2. The van der Waals surface area contributed by atoms with Crippen molar-refractivity contribution in [3.8, 4) is 28.8 Å². The number of nitrogens with zero attached hydrogens (tertiary/aromatic N) is 4. The van der Waals surface area contributed by atoms with Crippen molar-refractivity contribution in [2.75, 3.05) is 18.3 Å². The van der Waals surface area contributed by atoms with Crippen LogP contribution in [0.2, 0.25) is 0 Å². The second kappa shape index (κ2) is 10.5. The summed E-state index contributed by atoms with van der Waals surface area (Å²) < 4.78 is 5.23. The zero-order chi connectivity index (χ0) is 22.2. The number of para-hydroxylation sites is 1. The predicted octanol–water partition coefficient (Wildman–Crippen LogP) is 4.92. The molecule has 1 aromatic heterocycles. The highest BCUT2D eigenvalue weighted by Gasteiger charge is 2.17. The number of hydrogen-bond acceptors (Lipinski definition) is 8. The van der Waals surface area contributed by atoms with Crippen molar-refractivity contribution in [3.63, 3.8) is 0 Å². The van der Waals surface area contributed by atoms with E-state index in [2.05, 4.69) is 40.4 Å². The Balaban J connectivity index is 2.00. The number of ether oxygens (including phenoxy) is 1. The van der Waals surface area contributed by atoms with Crippen molar-refractivity contribution < 1.29 is 9.84 Å². The number of aromatic nitrogens is 2. The fourth-order valence-corrected chi connectivity index (χ4v) is 3.44. The molecule has 3 aromatic rings. The molecule has 0 fully saturated rings. The van der Waals surface area contributed by atoms with Crippen LogP contribution in [-0.2, 0) is 0 Å². The predicted molar refractivity (Wildman–Crippen MR) is 124 cm³/mol. The van der Waals surface area contributed by atoms with Gasteiger partial charge in [0.05, 0.1) is 19.0 Å². The molecule has 0 aliphatic carbocycles. The van der Waals surface area contributed by atoms with Gasteiger partial charge in [-0.2, -0.15) is 10.4 Å². The molecule has 0 amide bonds. The molecule has 0 aliphatic heterocycles. The minimum Gasteiger partial charge on any atom is -0.507 e. The van der Waals surface area contributed by atoms with E-state index in [-0.39, 0.29) is 11.3 Å². The first-order chi connectivity index (χ1) is 15.0. The largest absolute Gasteiger partial charge is 0.507 e. The summed E-state index contributed by atoms with van der Waals surface area (Å²) in [6, 6.07) is 16.4. The first kappa shape index (κ1) is 22.1. The average Bonchev–Trinajstić information content (AvgIpc) is 2.78. The molecule has 8 heteroatoms. The fraction of sp³-hybridized carbons (Fsp3) is 0.217. The number of rotatable bonds is 8. The first-order valence-electron chi connectivity index (χ1n) is 9.68. The molecular weight excluding hydrogens is 410 g/mol. The van der Waals surface area contributed by atoms with Crippen molar-refractivity contribution >= 4 is 23.8 Å². The Kier molecular flexibility index (Phi) is 7.46. The topological polar surface area (TPSA) is 103 Å². The van der Waals surface area contributed by atoms with Crippen LogP contribution in [0.15, 0.2) is 58.8 Å². The number of anilines is 1. The van der Waals surface area contributed by atoms with E-state index >= 15 is 0 Å². The molecule has 0 saturated heterocycles. The average molecular weight is 434 g/mol. The first-order valence-corrected chi connectivity index (χ1v) is 10.7. The third-order valence-corrected chi connectivity index (χ3v) is 5.49. The Labute approximate surface area is 185 Å². The highest BCUT2D eigenvalue weighted by Crippen LogP contribution is 2.30. The molecule has 7 nitrogen and oxygen atoms in total. The van der Waals surface area contributed by atoms with Crippen molar-refractivity contribution in [1.82, 2.24) is 9.97 Å². The molecule has 0 atom stereocenters. The molecule has 0 unspecified atom stereocenters. The molecule has 1 heterocycles. The Morgan fingerprint density at radius 1 is 1.19 bits per heavy atom. The standard InChI is InChI=1S/C23H23N5O2S/c1-15(2)14-31-23-26-21(16-8-10-18(30-3)11-9-16)19(12-24)22(27-23)28-25-13-17-6-4-5-7-20(17)29/h4-11,13,15,29H,14H2,1-3H3,(H,26,27,28)/b25-13-. The number of phenolic OH excluding ortho intramolecular Hbond substituents is 1. The summed E-state index contributed by atoms with van der Waals surface area (Å²) in [5, 5.41) is 24.5. The highest BCUT2D eigenvalue weighted by atomic mass is 32.2. The van der Waals surface area contributed by atoms with Gasteiger partial charge in [0.1, 0.15) is 23.1 Å². The lowest BCUT2D eigenvalue weighted by Gasteiger charge is -2.12. The van der Waals surface area contributed by atoms with Crippen LogP contribution in [-0.4, -0.2) is 34.2 Å². The van der Waals surface area contributed by atoms with Gasteiger partial charge in [-0.25, -0.2) is 9.97 Å². The second-order valence-corrected chi connectivity index (χ2v) is 8.04. The van der Waals surface area contributed by atoms with Crippen molar-refractivity contribution in [1.29, 1.82) is 5.26 Å². The lowest BCUT2D eigenvalue weighted by atomic mass is 10.1. The van der Waals surface area contributed by atoms with E-state index in [1.807, 2.05) is 24.3 Å². The molecule has 3 rings (SSSR count). The van der Waals surface area contributed by atoms with E-state index in [9.17, 15) is 10.4 Å². The van der Waals surface area contributed by atoms with E-state index in [4.69, 9.17) is 4.74 Å². The maximum absolute atomic E-state index is 9.90. The van der Waals surface area contributed by atoms with Crippen LogP contribution in [0.5, 0.6) is 11.5 Å². The highest BCUT2D eigenvalue weighted by molar-refractivity contribution is 7.99. The van der Waals surface area contributed by atoms with E-state index in [0.29, 0.717) is 28.1 Å². The lowest BCUT2D eigenvalue weighted by molar-refractivity contribution is 0.415. The van der Waals surface area contributed by atoms with Gasteiger partial charge < -0.3 is 9.84 Å². The summed E-state index contributed by atoms with van der Waals surface area (Å²) in [5.74, 6) is 2.44. The zero-order valence-electron chi connectivity index (χ0n) is 17.5. The zero-order valence-corrected chi connectivity index (χ0v) is 18.3. The van der Waals surface area contributed by atoms with E-state index in [1.165, 1.54) is 18.0 Å². The van der Waals surface area contributed by atoms with Gasteiger partial charge in [-0.15, -0.1) is 0 Å². The van der Waals surface area contributed by atoms with Gasteiger partial charge in [-0.05, 0) is 42.3 Å². The number of phenols is 1. The van der Waals surface area contributed by atoms with Gasteiger partial charge in [0, 0.05) is 16.9 Å². The van der Waals surface area contributed by atoms with Crippen LogP contribution in [0.1, 0.15) is 25.0 Å². The Bertz CT molecular complexity index is 1110. The molecule has 31 heavy (non-hydrogen) atoms. The fourth-order valence-electron chi connectivity index (χ4n) is 2.65. The summed E-state index contributed by atoms with van der Waals surface area (Å²) in [4.78, 5) is 9.15. The summed E-state index contributed by atoms with van der Waals surface area (Å²) in [6.07, 6.45) is 1.48. The number of hydrazone groups is 1. The maximum Gasteiger partial charge on any atom is 0.190 e. The number of nitrogens with one attached hydrogen (secondary N) is 1. The molecule has 158 valence electrons. The van der Waals surface area contributed by atoms with Crippen molar-refractivity contribution in [3.05, 3.63) is 59.7 Å². The van der Waals surface area contributed by atoms with Gasteiger partial charge in [0.15, 0.2) is 11.0 Å². The Hall–Kier alpha value is -3.57. The number of hydrogen-bond donors (Lipinski definition) is 2. The quantitative estimate of drug-likeness (QED) is 0.225. The lowest BCUT2D eigenvalue weighted by Crippen LogP contribution is -2.04. The monoisotopic (exact) mass is 433 g/mol. The van der Waals surface area contributed by atoms with Crippen molar-refractivity contribution in [2.45, 2.75) is 19.0 Å². The molecule has 0 spiro atoms. The summed E-state index contributed by atoms with van der Waals surface area (Å²) in [6.45, 7) is 4.24. The van der Waals surface area contributed by atoms with Crippen LogP contribution in [0.25, 0.3) is 11.3 Å². The van der Waals surface area contributed by atoms with Crippen molar-refractivity contribution in [2.24, 2.45) is 11.0 Å². The van der Waals surface area contributed by atoms with Crippen LogP contribution in [0.4, 0.5) is 5.82 Å². The van der Waals surface area contributed by atoms with E-state index in [1.54, 1.807) is 31.4 Å². The number of methoxy groups -OCH3 is 1. The van der Waals surface area contributed by atoms with Crippen LogP contribution in [0, 0.1) is 17.2 Å². The molecule has 2 aromatic carbocycles. The van der Waals surface area contributed by atoms with Gasteiger partial charge in [0.2, 0.25) is 0 Å². The minimum atomic E-state index is 0.114. The summed E-state index contributed by atoms with van der Waals surface area (Å²) in [5.41, 5.74) is 4.98. The summed E-state index contributed by atoms with van der Waals surface area (Å²) in [7, 11) is 1.60. The molecule has 0 aliphatic rings. The Morgan fingerprint density at radius 3 is 2.58 bits per heavy atom. The van der Waals surface area contributed by atoms with E-state index in [0.717, 1.165) is 17.1 Å². The maximum atomic E-state index is 9.90. The van der Waals surface area contributed by atoms with Crippen LogP contribution >= 0.6 is 11.8 Å². The molecule has 0 radical (unpaired) electrons. The summed E-state index contributed by atoms with van der Waals surface area (Å²) >= 11 is 1.52. The number of thioether (sulfide) groups is 1. The minimum absolute atomic E-state index is 0.114. The van der Waals surface area contributed by atoms with Gasteiger partial charge in [-0.1, -0.05) is 37.7 Å². The van der Waals surface area contributed by atoms with Gasteiger partial charge in [0.25, 0.3) is 0 Å². The van der Waals surface area contributed by atoms with Gasteiger partial charge in [-0.3, -0.25) is 5.43 Å². The Morgan fingerprint density at radius 2 is 1.94 bits per heavy atom. The number of aromatic hydroxyl groups is 1. The molecule has 0 saturated carbocycles. The van der Waals surface area contributed by atoms with Gasteiger partial charge >= 0.3 is 0 Å². The third-order valence-electron chi connectivity index (χ3n) is 4.22. The normalized spacial score (nSPS) is 10.9. The SMILES string of the molecule is COc1ccc(-c2nc(SCC(C)C)nc(N/N=C\c3ccccc3O)c2C#N)cc1. The number of nitriles is 1. The third kappa shape index (κ3) is 5.74. The second-order valence-electron chi connectivity index (χ2n) is 7.05. The molecule has 2 N–H and O–H groups in total. The van der Waals surface area contributed by atoms with E-state index < -0.39 is 0 Å². The smallest absolute Gasteiger partial charge is 0.190 e. The molecule has 0 bridgehead atoms. The van der Waals surface area contributed by atoms with Crippen LogP contribution < -0.4 is 10.2 Å².